The number of nitrogens with zero attached hydrogens (tertiary/aromatic N) is 2. The molecule has 2 heterocycles. The van der Waals surface area contributed by atoms with Crippen LogP contribution in [-0.4, -0.2) is 41.8 Å². The Morgan fingerprint density at radius 2 is 1.77 bits per heavy atom. The summed E-state index contributed by atoms with van der Waals surface area (Å²) in [6.45, 7) is 9.40. The van der Waals surface area contributed by atoms with Gasteiger partial charge in [-0.15, -0.1) is 0 Å². The van der Waals surface area contributed by atoms with Gasteiger partial charge in [0, 0.05) is 24.8 Å². The number of carbonyl (C=O) groups excluding carboxylic acids is 1. The number of hydrogen-bond acceptors (Lipinski definition) is 5. The molecule has 0 aliphatic carbocycles. The molecule has 0 fully saturated rings. The topological polar surface area (TPSA) is 60.9 Å². The number of aromatic nitrogens is 1. The molecule has 2 aromatic carbocycles. The van der Waals surface area contributed by atoms with E-state index in [-0.39, 0.29) is 6.09 Å². The molecule has 184 valence electrons. The Hall–Kier alpha value is -3.54. The van der Waals surface area contributed by atoms with Crippen LogP contribution >= 0.6 is 0 Å². The Bertz CT molecular complexity index is 1200. The van der Waals surface area contributed by atoms with Crippen molar-refractivity contribution < 1.29 is 19.0 Å². The Morgan fingerprint density at radius 3 is 2.49 bits per heavy atom. The predicted molar refractivity (Wildman–Crippen MR) is 137 cm³/mol. The number of ether oxygens (including phenoxy) is 3. The quantitative estimate of drug-likeness (QED) is 0.455. The van der Waals surface area contributed by atoms with Crippen molar-refractivity contribution in [3.63, 3.8) is 0 Å². The SMILES string of the molecule is COc1ccc(OCc2cc(C)ccn2)c(-c2ccc3c(c2)CCN(C(=O)OC(C)(C)C)CC3)c1. The molecule has 35 heavy (non-hydrogen) atoms. The summed E-state index contributed by atoms with van der Waals surface area (Å²) in [5.41, 5.74) is 6.06. The highest BCUT2D eigenvalue weighted by molar-refractivity contribution is 5.73. The molecule has 0 bridgehead atoms. The summed E-state index contributed by atoms with van der Waals surface area (Å²) < 4.78 is 17.3. The van der Waals surface area contributed by atoms with Crippen LogP contribution in [0.4, 0.5) is 4.79 Å². The summed E-state index contributed by atoms with van der Waals surface area (Å²) in [6, 6.07) is 16.3. The fraction of sp³-hybridized carbons (Fsp3) is 0.379. The van der Waals surface area contributed by atoms with Gasteiger partial charge in [0.1, 0.15) is 23.7 Å². The molecule has 3 aromatic rings. The Kier molecular flexibility index (Phi) is 7.29. The van der Waals surface area contributed by atoms with Crippen LogP contribution in [0.2, 0.25) is 0 Å². The molecule has 0 saturated carbocycles. The van der Waals surface area contributed by atoms with E-state index in [1.807, 2.05) is 58.0 Å². The molecule has 1 aromatic heterocycles. The Labute approximate surface area is 207 Å². The third-order valence-electron chi connectivity index (χ3n) is 6.01. The maximum absolute atomic E-state index is 12.6. The van der Waals surface area contributed by atoms with Crippen molar-refractivity contribution in [2.24, 2.45) is 0 Å². The lowest BCUT2D eigenvalue weighted by Gasteiger charge is -2.26. The van der Waals surface area contributed by atoms with Gasteiger partial charge in [-0.05, 0) is 93.1 Å². The molecular weight excluding hydrogens is 440 g/mol. The minimum atomic E-state index is -0.500. The molecule has 6 nitrogen and oxygen atoms in total. The van der Waals surface area contributed by atoms with Crippen molar-refractivity contribution in [2.75, 3.05) is 20.2 Å². The van der Waals surface area contributed by atoms with Gasteiger partial charge in [-0.2, -0.15) is 0 Å². The van der Waals surface area contributed by atoms with Crippen molar-refractivity contribution in [2.45, 2.75) is 52.7 Å². The number of fused-ring (bicyclic) bond motifs is 1. The van der Waals surface area contributed by atoms with Crippen molar-refractivity contribution in [1.82, 2.24) is 9.88 Å². The van der Waals surface area contributed by atoms with Crippen molar-refractivity contribution in [3.8, 4) is 22.6 Å². The summed E-state index contributed by atoms with van der Waals surface area (Å²) in [6.07, 6.45) is 3.12. The van der Waals surface area contributed by atoms with Crippen LogP contribution in [0.25, 0.3) is 11.1 Å². The molecule has 0 atom stereocenters. The van der Waals surface area contributed by atoms with Crippen LogP contribution in [0.3, 0.4) is 0 Å². The van der Waals surface area contributed by atoms with E-state index in [1.54, 1.807) is 18.2 Å². The zero-order valence-corrected chi connectivity index (χ0v) is 21.3. The van der Waals surface area contributed by atoms with Crippen LogP contribution in [-0.2, 0) is 24.2 Å². The first-order valence-corrected chi connectivity index (χ1v) is 12.0. The maximum atomic E-state index is 12.6. The molecule has 1 amide bonds. The number of rotatable bonds is 5. The monoisotopic (exact) mass is 474 g/mol. The third-order valence-corrected chi connectivity index (χ3v) is 6.01. The molecule has 0 saturated heterocycles. The fourth-order valence-electron chi connectivity index (χ4n) is 4.22. The van der Waals surface area contributed by atoms with Gasteiger partial charge in [-0.25, -0.2) is 4.79 Å². The molecule has 0 N–H and O–H groups in total. The second kappa shape index (κ2) is 10.4. The van der Waals surface area contributed by atoms with Crippen molar-refractivity contribution >= 4 is 6.09 Å². The van der Waals surface area contributed by atoms with Crippen LogP contribution < -0.4 is 9.47 Å². The number of methoxy groups -OCH3 is 1. The van der Waals surface area contributed by atoms with E-state index in [2.05, 4.69) is 23.2 Å². The van der Waals surface area contributed by atoms with E-state index >= 15 is 0 Å². The van der Waals surface area contributed by atoms with E-state index < -0.39 is 5.60 Å². The van der Waals surface area contributed by atoms with Gasteiger partial charge in [-0.3, -0.25) is 4.98 Å². The zero-order chi connectivity index (χ0) is 25.0. The van der Waals surface area contributed by atoms with Gasteiger partial charge >= 0.3 is 6.09 Å². The van der Waals surface area contributed by atoms with Gasteiger partial charge in [0.25, 0.3) is 0 Å². The molecule has 4 rings (SSSR count). The second-order valence-corrected chi connectivity index (χ2v) is 9.93. The van der Waals surface area contributed by atoms with Crippen LogP contribution in [0.1, 0.15) is 43.2 Å². The first kappa shape index (κ1) is 24.6. The van der Waals surface area contributed by atoms with Crippen molar-refractivity contribution in [3.05, 3.63) is 77.1 Å². The third kappa shape index (κ3) is 6.32. The van der Waals surface area contributed by atoms with Crippen LogP contribution in [0.15, 0.2) is 54.7 Å². The number of pyridine rings is 1. The van der Waals surface area contributed by atoms with Gasteiger partial charge in [-0.1, -0.05) is 18.2 Å². The Balaban J connectivity index is 1.56. The minimum absolute atomic E-state index is 0.251. The lowest BCUT2D eigenvalue weighted by molar-refractivity contribution is 0.0258. The van der Waals surface area contributed by atoms with Gasteiger partial charge in [0.15, 0.2) is 0 Å². The molecule has 1 aliphatic heterocycles. The van der Waals surface area contributed by atoms with Crippen LogP contribution in [0, 0.1) is 6.92 Å². The molecular formula is C29H34N2O4. The molecule has 0 radical (unpaired) electrons. The van der Waals surface area contributed by atoms with Crippen molar-refractivity contribution in [1.29, 1.82) is 0 Å². The zero-order valence-electron chi connectivity index (χ0n) is 21.3. The average Bonchev–Trinajstić information content (AvgIpc) is 3.04. The number of hydrogen-bond donors (Lipinski definition) is 0. The Morgan fingerprint density at radius 1 is 1.00 bits per heavy atom. The van der Waals surface area contributed by atoms with Crippen LogP contribution in [0.5, 0.6) is 11.5 Å². The summed E-state index contributed by atoms with van der Waals surface area (Å²) in [4.78, 5) is 18.8. The highest BCUT2D eigenvalue weighted by Gasteiger charge is 2.24. The first-order chi connectivity index (χ1) is 16.7. The lowest BCUT2D eigenvalue weighted by Crippen LogP contribution is -2.38. The normalized spacial score (nSPS) is 13.6. The molecule has 1 aliphatic rings. The molecule has 0 unspecified atom stereocenters. The summed E-state index contributed by atoms with van der Waals surface area (Å²) in [5.74, 6) is 1.55. The van der Waals surface area contributed by atoms with E-state index in [1.165, 1.54) is 11.1 Å². The van der Waals surface area contributed by atoms with E-state index in [0.717, 1.165) is 46.7 Å². The smallest absolute Gasteiger partial charge is 0.410 e. The van der Waals surface area contributed by atoms with Gasteiger partial charge in [0.2, 0.25) is 0 Å². The van der Waals surface area contributed by atoms with E-state index in [4.69, 9.17) is 14.2 Å². The van der Waals surface area contributed by atoms with E-state index in [0.29, 0.717) is 19.7 Å². The summed E-state index contributed by atoms with van der Waals surface area (Å²) >= 11 is 0. The number of benzene rings is 2. The number of aryl methyl sites for hydroxylation is 1. The summed E-state index contributed by atoms with van der Waals surface area (Å²) in [7, 11) is 1.67. The van der Waals surface area contributed by atoms with Gasteiger partial charge in [0.05, 0.1) is 12.8 Å². The molecule has 0 spiro atoms. The predicted octanol–water partition coefficient (Wildman–Crippen LogP) is 5.98. The highest BCUT2D eigenvalue weighted by Crippen LogP contribution is 2.35. The lowest BCUT2D eigenvalue weighted by atomic mass is 9.96. The largest absolute Gasteiger partial charge is 0.497 e. The highest BCUT2D eigenvalue weighted by atomic mass is 16.6. The second-order valence-electron chi connectivity index (χ2n) is 9.93. The molecule has 6 heteroatoms. The first-order valence-electron chi connectivity index (χ1n) is 12.0. The maximum Gasteiger partial charge on any atom is 0.410 e. The van der Waals surface area contributed by atoms with Gasteiger partial charge < -0.3 is 19.1 Å². The average molecular weight is 475 g/mol. The fourth-order valence-corrected chi connectivity index (χ4v) is 4.22. The minimum Gasteiger partial charge on any atom is -0.497 e. The number of carbonyl (C=O) groups is 1. The standard InChI is InChI=1S/C29H34N2O4/c1-20-10-13-30-24(16-20)19-34-27-9-8-25(33-5)18-26(27)23-7-6-21-11-14-31(15-12-22(21)17-23)28(32)35-29(2,3)4/h6-10,13,16-18H,11-12,14-15,19H2,1-5H3. The summed E-state index contributed by atoms with van der Waals surface area (Å²) in [5, 5.41) is 0. The number of amides is 1. The van der Waals surface area contributed by atoms with E-state index in [9.17, 15) is 4.79 Å².